The van der Waals surface area contributed by atoms with Crippen molar-refractivity contribution in [2.45, 2.75) is 104 Å². The zero-order valence-electron chi connectivity index (χ0n) is 16.6. The Kier molecular flexibility index (Phi) is 7.60. The lowest BCUT2D eigenvalue weighted by molar-refractivity contribution is 0.146. The van der Waals surface area contributed by atoms with Crippen LogP contribution < -0.4 is 0 Å². The molecular weight excluding hydrogens is 292 g/mol. The van der Waals surface area contributed by atoms with Crippen LogP contribution in [0.25, 0.3) is 0 Å². The Balaban J connectivity index is 0.000000471. The summed E-state index contributed by atoms with van der Waals surface area (Å²) in [4.78, 5) is 0. The average molecular weight is 333 g/mol. The number of rotatable bonds is 2. The van der Waals surface area contributed by atoms with Gasteiger partial charge in [-0.1, -0.05) is 63.8 Å². The largest absolute Gasteiger partial charge is 0.393 e. The first kappa shape index (κ1) is 19.8. The number of unbranched alkanes of at least 4 members (excludes halogenated alkanes) is 1. The van der Waals surface area contributed by atoms with Crippen LogP contribution in [-0.2, 0) is 0 Å². The predicted octanol–water partition coefficient (Wildman–Crippen LogP) is 6.82. The van der Waals surface area contributed by atoms with Crippen LogP contribution in [0.2, 0.25) is 0 Å². The molecule has 4 atom stereocenters. The molecule has 0 aromatic heterocycles. The molecule has 0 heterocycles. The van der Waals surface area contributed by atoms with E-state index in [4.69, 9.17) is 0 Å². The number of hydrogen-bond donors (Lipinski definition) is 1. The van der Waals surface area contributed by atoms with E-state index in [0.717, 1.165) is 31.1 Å². The molecule has 3 aliphatic rings. The topological polar surface area (TPSA) is 20.2 Å². The Morgan fingerprint density at radius 2 is 1.79 bits per heavy atom. The molecule has 138 valence electrons. The lowest BCUT2D eigenvalue weighted by atomic mass is 9.64. The Hall–Kier alpha value is -0.560. The molecule has 0 aromatic carbocycles. The SMILES string of the molecule is CC1CCC2/C(=C/C=C3/CCCC(O)C3)CCCC12C.CCCC. The number of allylic oxidation sites excluding steroid dienone is 3. The van der Waals surface area contributed by atoms with E-state index in [1.54, 1.807) is 5.57 Å². The lowest BCUT2D eigenvalue weighted by Gasteiger charge is -2.41. The summed E-state index contributed by atoms with van der Waals surface area (Å²) >= 11 is 0. The van der Waals surface area contributed by atoms with Crippen LogP contribution in [-0.4, -0.2) is 11.2 Å². The average Bonchev–Trinajstić information content (AvgIpc) is 2.89. The van der Waals surface area contributed by atoms with Crippen molar-refractivity contribution in [2.75, 3.05) is 0 Å². The molecule has 0 aliphatic heterocycles. The van der Waals surface area contributed by atoms with Crippen LogP contribution in [0.15, 0.2) is 23.3 Å². The van der Waals surface area contributed by atoms with Gasteiger partial charge in [-0.2, -0.15) is 0 Å². The van der Waals surface area contributed by atoms with Gasteiger partial charge in [0, 0.05) is 0 Å². The van der Waals surface area contributed by atoms with Gasteiger partial charge >= 0.3 is 0 Å². The van der Waals surface area contributed by atoms with Crippen molar-refractivity contribution in [3.8, 4) is 0 Å². The van der Waals surface area contributed by atoms with E-state index >= 15 is 0 Å². The van der Waals surface area contributed by atoms with E-state index in [1.165, 1.54) is 56.9 Å². The summed E-state index contributed by atoms with van der Waals surface area (Å²) in [7, 11) is 0. The number of hydrogen-bond acceptors (Lipinski definition) is 1. The molecule has 1 N–H and O–H groups in total. The van der Waals surface area contributed by atoms with Crippen molar-refractivity contribution < 1.29 is 5.11 Å². The summed E-state index contributed by atoms with van der Waals surface area (Å²) in [5.74, 6) is 1.72. The van der Waals surface area contributed by atoms with Crippen LogP contribution in [0.4, 0.5) is 0 Å². The van der Waals surface area contributed by atoms with Gasteiger partial charge in [0.15, 0.2) is 0 Å². The van der Waals surface area contributed by atoms with E-state index in [9.17, 15) is 5.11 Å². The smallest absolute Gasteiger partial charge is 0.0577 e. The van der Waals surface area contributed by atoms with Crippen LogP contribution in [0, 0.1) is 17.3 Å². The second-order valence-electron chi connectivity index (χ2n) is 8.71. The Bertz CT molecular complexity index is 445. The predicted molar refractivity (Wildman–Crippen MR) is 105 cm³/mol. The zero-order chi connectivity index (χ0) is 17.6. The molecule has 1 nitrogen and oxygen atoms in total. The van der Waals surface area contributed by atoms with Gasteiger partial charge in [0.05, 0.1) is 6.10 Å². The Morgan fingerprint density at radius 3 is 2.46 bits per heavy atom. The van der Waals surface area contributed by atoms with Gasteiger partial charge in [-0.05, 0) is 75.0 Å². The molecule has 3 rings (SSSR count). The molecule has 0 saturated heterocycles. The van der Waals surface area contributed by atoms with Gasteiger partial charge < -0.3 is 5.11 Å². The molecule has 4 unspecified atom stereocenters. The van der Waals surface area contributed by atoms with Crippen LogP contribution in [0.1, 0.15) is 98.3 Å². The van der Waals surface area contributed by atoms with E-state index in [2.05, 4.69) is 39.8 Å². The van der Waals surface area contributed by atoms with Gasteiger partial charge in [0.2, 0.25) is 0 Å². The minimum atomic E-state index is -0.0866. The highest BCUT2D eigenvalue weighted by atomic mass is 16.3. The van der Waals surface area contributed by atoms with Crippen molar-refractivity contribution in [2.24, 2.45) is 17.3 Å². The number of fused-ring (bicyclic) bond motifs is 1. The van der Waals surface area contributed by atoms with Gasteiger partial charge in [0.25, 0.3) is 0 Å². The minimum absolute atomic E-state index is 0.0866. The molecular formula is C23H40O. The van der Waals surface area contributed by atoms with Crippen molar-refractivity contribution in [3.63, 3.8) is 0 Å². The fourth-order valence-corrected chi connectivity index (χ4v) is 4.94. The van der Waals surface area contributed by atoms with Crippen LogP contribution in [0.3, 0.4) is 0 Å². The summed E-state index contributed by atoms with van der Waals surface area (Å²) in [6, 6.07) is 0. The normalized spacial score (nSPS) is 39.5. The highest BCUT2D eigenvalue weighted by Gasteiger charge is 2.46. The fraction of sp³-hybridized carbons (Fsp3) is 0.826. The first-order valence-corrected chi connectivity index (χ1v) is 10.6. The maximum Gasteiger partial charge on any atom is 0.0577 e. The quantitative estimate of drug-likeness (QED) is 0.588. The molecule has 0 spiro atoms. The molecule has 0 bridgehead atoms. The highest BCUT2D eigenvalue weighted by molar-refractivity contribution is 5.25. The summed E-state index contributed by atoms with van der Waals surface area (Å²) in [6.07, 6.45) is 18.5. The van der Waals surface area contributed by atoms with Crippen LogP contribution >= 0.6 is 0 Å². The highest BCUT2D eigenvalue weighted by Crippen LogP contribution is 2.57. The van der Waals surface area contributed by atoms with Gasteiger partial charge in [-0.25, -0.2) is 0 Å². The van der Waals surface area contributed by atoms with E-state index in [-0.39, 0.29) is 6.10 Å². The third-order valence-corrected chi connectivity index (χ3v) is 7.00. The van der Waals surface area contributed by atoms with Crippen molar-refractivity contribution in [1.29, 1.82) is 0 Å². The molecule has 3 aliphatic carbocycles. The summed E-state index contributed by atoms with van der Waals surface area (Å²) in [5.41, 5.74) is 3.74. The van der Waals surface area contributed by atoms with E-state index in [0.29, 0.717) is 5.41 Å². The first-order chi connectivity index (χ1) is 11.5. The third kappa shape index (κ3) is 4.75. The van der Waals surface area contributed by atoms with Crippen LogP contribution in [0.5, 0.6) is 0 Å². The van der Waals surface area contributed by atoms with E-state index < -0.39 is 0 Å². The maximum atomic E-state index is 9.78. The fourth-order valence-electron chi connectivity index (χ4n) is 4.94. The molecule has 24 heavy (non-hydrogen) atoms. The first-order valence-electron chi connectivity index (χ1n) is 10.6. The van der Waals surface area contributed by atoms with Crippen molar-refractivity contribution in [1.82, 2.24) is 0 Å². The van der Waals surface area contributed by atoms with Gasteiger partial charge in [-0.3, -0.25) is 0 Å². The summed E-state index contributed by atoms with van der Waals surface area (Å²) < 4.78 is 0. The molecule has 1 heteroatoms. The Labute approximate surface area is 150 Å². The molecule has 0 aromatic rings. The number of aliphatic hydroxyl groups excluding tert-OH is 1. The lowest BCUT2D eigenvalue weighted by Crippen LogP contribution is -2.31. The van der Waals surface area contributed by atoms with Crippen molar-refractivity contribution in [3.05, 3.63) is 23.3 Å². The second kappa shape index (κ2) is 9.22. The van der Waals surface area contributed by atoms with E-state index in [1.807, 2.05) is 0 Å². The molecule has 0 amide bonds. The maximum absolute atomic E-state index is 9.78. The zero-order valence-corrected chi connectivity index (χ0v) is 16.6. The minimum Gasteiger partial charge on any atom is -0.393 e. The van der Waals surface area contributed by atoms with Crippen molar-refractivity contribution >= 4 is 0 Å². The monoisotopic (exact) mass is 332 g/mol. The third-order valence-electron chi connectivity index (χ3n) is 7.00. The molecule has 3 fully saturated rings. The van der Waals surface area contributed by atoms with Gasteiger partial charge in [-0.15, -0.1) is 0 Å². The second-order valence-corrected chi connectivity index (χ2v) is 8.71. The standard InChI is InChI=1S/C19H30O.C4H10/c1-14-8-11-18-16(6-4-12-19(14,18)2)10-9-15-5-3-7-17(20)13-15;1-3-4-2/h9-10,14,17-18,20H,3-8,11-13H2,1-2H3;3-4H2,1-2H3/b15-9-,16-10+;. The molecule has 0 radical (unpaired) electrons. The summed E-state index contributed by atoms with van der Waals surface area (Å²) in [5, 5.41) is 9.78. The van der Waals surface area contributed by atoms with Gasteiger partial charge in [0.1, 0.15) is 0 Å². The molecule has 3 saturated carbocycles. The number of aliphatic hydroxyl groups is 1. The Morgan fingerprint density at radius 1 is 1.04 bits per heavy atom. The summed E-state index contributed by atoms with van der Waals surface area (Å²) in [6.45, 7) is 9.35.